The van der Waals surface area contributed by atoms with Gasteiger partial charge in [-0.1, -0.05) is 35.5 Å². The van der Waals surface area contributed by atoms with Crippen molar-refractivity contribution in [3.63, 3.8) is 0 Å². The number of amides is 1. The van der Waals surface area contributed by atoms with E-state index in [0.717, 1.165) is 61.7 Å². The summed E-state index contributed by atoms with van der Waals surface area (Å²) in [6, 6.07) is 10.2. The van der Waals surface area contributed by atoms with Crippen LogP contribution in [0.5, 0.6) is 0 Å². The minimum atomic E-state index is 0.206. The Morgan fingerprint density at radius 2 is 1.86 bits per heavy atom. The highest BCUT2D eigenvalue weighted by atomic mass is 16.5. The van der Waals surface area contributed by atoms with Gasteiger partial charge in [-0.3, -0.25) is 4.79 Å². The standard InChI is InChI=1S/C22H30N4O2/c1-24(2)14-15-26(21(27)18-10-11-18)16-19-20(17-8-4-3-5-9-17)23-28-22(19)25-12-6-7-13-25/h3-5,8-9,18H,6-7,10-16H2,1-2H3. The summed E-state index contributed by atoms with van der Waals surface area (Å²) in [7, 11) is 4.09. The van der Waals surface area contributed by atoms with Crippen LogP contribution in [0, 0.1) is 5.92 Å². The number of anilines is 1. The van der Waals surface area contributed by atoms with Crippen molar-refractivity contribution in [2.24, 2.45) is 5.92 Å². The first-order chi connectivity index (χ1) is 13.6. The lowest BCUT2D eigenvalue weighted by Gasteiger charge is -2.26. The van der Waals surface area contributed by atoms with E-state index in [-0.39, 0.29) is 11.8 Å². The minimum absolute atomic E-state index is 0.206. The fraction of sp³-hybridized carbons (Fsp3) is 0.545. The summed E-state index contributed by atoms with van der Waals surface area (Å²) in [5.74, 6) is 1.32. The average molecular weight is 383 g/mol. The van der Waals surface area contributed by atoms with Crippen molar-refractivity contribution in [2.45, 2.75) is 32.2 Å². The molecule has 0 N–H and O–H groups in total. The molecule has 0 spiro atoms. The van der Waals surface area contributed by atoms with Gasteiger partial charge < -0.3 is 19.2 Å². The highest BCUT2D eigenvalue weighted by Crippen LogP contribution is 2.36. The van der Waals surface area contributed by atoms with Crippen LogP contribution in [0.25, 0.3) is 11.3 Å². The molecular formula is C22H30N4O2. The molecule has 150 valence electrons. The van der Waals surface area contributed by atoms with E-state index in [0.29, 0.717) is 6.54 Å². The molecule has 1 aromatic heterocycles. The van der Waals surface area contributed by atoms with Crippen LogP contribution >= 0.6 is 0 Å². The molecule has 2 aliphatic rings. The molecule has 1 aromatic carbocycles. The second-order valence-corrected chi connectivity index (χ2v) is 8.21. The van der Waals surface area contributed by atoms with Crippen molar-refractivity contribution >= 4 is 11.8 Å². The SMILES string of the molecule is CN(C)CCN(Cc1c(-c2ccccc2)noc1N1CCCC1)C(=O)C1CC1. The fourth-order valence-corrected chi connectivity index (χ4v) is 3.80. The van der Waals surface area contributed by atoms with Crippen molar-refractivity contribution in [3.05, 3.63) is 35.9 Å². The summed E-state index contributed by atoms with van der Waals surface area (Å²) in [6.45, 7) is 4.11. The van der Waals surface area contributed by atoms with Crippen LogP contribution in [0.4, 0.5) is 5.88 Å². The number of benzene rings is 1. The Kier molecular flexibility index (Phi) is 5.67. The first-order valence-electron chi connectivity index (χ1n) is 10.4. The van der Waals surface area contributed by atoms with Gasteiger partial charge in [0.25, 0.3) is 0 Å². The van der Waals surface area contributed by atoms with E-state index in [1.165, 1.54) is 12.8 Å². The van der Waals surface area contributed by atoms with Gasteiger partial charge in [-0.2, -0.15) is 0 Å². The molecule has 1 amide bonds. The summed E-state index contributed by atoms with van der Waals surface area (Å²) in [4.78, 5) is 19.4. The Hall–Kier alpha value is -2.34. The van der Waals surface area contributed by atoms with Crippen LogP contribution in [0.15, 0.2) is 34.9 Å². The number of carbonyl (C=O) groups excluding carboxylic acids is 1. The Bertz CT molecular complexity index is 792. The molecule has 1 saturated carbocycles. The van der Waals surface area contributed by atoms with E-state index in [4.69, 9.17) is 4.52 Å². The zero-order chi connectivity index (χ0) is 19.5. The molecule has 0 atom stereocenters. The lowest BCUT2D eigenvalue weighted by molar-refractivity contribution is -0.133. The maximum atomic E-state index is 13.0. The van der Waals surface area contributed by atoms with E-state index in [1.54, 1.807) is 0 Å². The second kappa shape index (κ2) is 8.35. The zero-order valence-corrected chi connectivity index (χ0v) is 16.9. The summed E-state index contributed by atoms with van der Waals surface area (Å²) < 4.78 is 5.84. The van der Waals surface area contributed by atoms with Crippen molar-refractivity contribution in [2.75, 3.05) is 45.2 Å². The summed E-state index contributed by atoms with van der Waals surface area (Å²) >= 11 is 0. The maximum absolute atomic E-state index is 13.0. The molecule has 2 heterocycles. The molecule has 2 aromatic rings. The highest BCUT2D eigenvalue weighted by Gasteiger charge is 2.35. The summed E-state index contributed by atoms with van der Waals surface area (Å²) in [5.41, 5.74) is 2.94. The molecule has 0 unspecified atom stereocenters. The van der Waals surface area contributed by atoms with Gasteiger partial charge in [-0.05, 0) is 39.8 Å². The van der Waals surface area contributed by atoms with Gasteiger partial charge in [0.2, 0.25) is 11.8 Å². The fourth-order valence-electron chi connectivity index (χ4n) is 3.80. The van der Waals surface area contributed by atoms with Crippen molar-refractivity contribution in [3.8, 4) is 11.3 Å². The Morgan fingerprint density at radius 1 is 1.14 bits per heavy atom. The molecular weight excluding hydrogens is 352 g/mol. The van der Waals surface area contributed by atoms with Gasteiger partial charge in [0.05, 0.1) is 12.1 Å². The van der Waals surface area contributed by atoms with E-state index in [1.807, 2.05) is 37.2 Å². The summed E-state index contributed by atoms with van der Waals surface area (Å²) in [5, 5.41) is 4.43. The minimum Gasteiger partial charge on any atom is -0.340 e. The predicted octanol–water partition coefficient (Wildman–Crippen LogP) is 3.24. The molecule has 1 aliphatic heterocycles. The average Bonchev–Trinajstić information content (AvgIpc) is 3.25. The van der Waals surface area contributed by atoms with E-state index in [2.05, 4.69) is 27.1 Å². The van der Waals surface area contributed by atoms with Crippen molar-refractivity contribution in [1.29, 1.82) is 0 Å². The van der Waals surface area contributed by atoms with E-state index in [9.17, 15) is 4.79 Å². The number of rotatable bonds is 8. The van der Waals surface area contributed by atoms with Gasteiger partial charge >= 0.3 is 0 Å². The van der Waals surface area contributed by atoms with Crippen LogP contribution in [0.2, 0.25) is 0 Å². The van der Waals surface area contributed by atoms with Crippen LogP contribution in [-0.2, 0) is 11.3 Å². The van der Waals surface area contributed by atoms with Crippen molar-refractivity contribution < 1.29 is 9.32 Å². The molecule has 4 rings (SSSR count). The lowest BCUT2D eigenvalue weighted by Crippen LogP contribution is -2.37. The third-order valence-corrected chi connectivity index (χ3v) is 5.61. The monoisotopic (exact) mass is 382 g/mol. The van der Waals surface area contributed by atoms with Crippen LogP contribution < -0.4 is 4.90 Å². The van der Waals surface area contributed by atoms with E-state index >= 15 is 0 Å². The van der Waals surface area contributed by atoms with Gasteiger partial charge in [0.15, 0.2) is 0 Å². The van der Waals surface area contributed by atoms with Gasteiger partial charge in [-0.15, -0.1) is 0 Å². The zero-order valence-electron chi connectivity index (χ0n) is 16.9. The Morgan fingerprint density at radius 3 is 2.50 bits per heavy atom. The van der Waals surface area contributed by atoms with Crippen molar-refractivity contribution in [1.82, 2.24) is 15.0 Å². The number of hydrogen-bond acceptors (Lipinski definition) is 5. The first kappa shape index (κ1) is 19.0. The van der Waals surface area contributed by atoms with Gasteiger partial charge in [0.1, 0.15) is 5.69 Å². The number of aromatic nitrogens is 1. The quantitative estimate of drug-likeness (QED) is 0.702. The topological polar surface area (TPSA) is 52.8 Å². The molecule has 0 radical (unpaired) electrons. The normalized spacial score (nSPS) is 16.8. The molecule has 1 saturated heterocycles. The molecule has 0 bridgehead atoms. The maximum Gasteiger partial charge on any atom is 0.232 e. The number of nitrogens with zero attached hydrogens (tertiary/aromatic N) is 4. The third kappa shape index (κ3) is 4.22. The molecule has 6 heteroatoms. The predicted molar refractivity (Wildman–Crippen MR) is 110 cm³/mol. The van der Waals surface area contributed by atoms with Crippen LogP contribution in [0.1, 0.15) is 31.2 Å². The molecule has 1 aliphatic carbocycles. The second-order valence-electron chi connectivity index (χ2n) is 8.21. The molecule has 6 nitrogen and oxygen atoms in total. The molecule has 2 fully saturated rings. The Balaban J connectivity index is 1.66. The van der Waals surface area contributed by atoms with E-state index < -0.39 is 0 Å². The smallest absolute Gasteiger partial charge is 0.232 e. The largest absolute Gasteiger partial charge is 0.340 e. The lowest BCUT2D eigenvalue weighted by atomic mass is 10.1. The first-order valence-corrected chi connectivity index (χ1v) is 10.4. The highest BCUT2D eigenvalue weighted by molar-refractivity contribution is 5.81. The third-order valence-electron chi connectivity index (χ3n) is 5.61. The Labute approximate surface area is 167 Å². The summed E-state index contributed by atoms with van der Waals surface area (Å²) in [6.07, 6.45) is 4.38. The number of carbonyl (C=O) groups is 1. The number of likely N-dealkylation sites (N-methyl/N-ethyl adjacent to an activating group) is 1. The van der Waals surface area contributed by atoms with Gasteiger partial charge in [0, 0.05) is 37.7 Å². The number of hydrogen-bond donors (Lipinski definition) is 0. The van der Waals surface area contributed by atoms with Crippen LogP contribution in [-0.4, -0.2) is 61.1 Å². The van der Waals surface area contributed by atoms with Gasteiger partial charge in [-0.25, -0.2) is 0 Å². The van der Waals surface area contributed by atoms with Crippen LogP contribution in [0.3, 0.4) is 0 Å². The molecule has 28 heavy (non-hydrogen) atoms.